The Labute approximate surface area is 372 Å². The van der Waals surface area contributed by atoms with Crippen molar-refractivity contribution in [3.05, 3.63) is 249 Å². The minimum absolute atomic E-state index is 0.875. The number of fused-ring (bicyclic) bond motifs is 5. The fraction of sp³-hybridized carbons (Fsp3) is 0. The minimum Gasteiger partial charge on any atom is -0.456 e. The molecule has 0 saturated carbocycles. The van der Waals surface area contributed by atoms with Crippen molar-refractivity contribution >= 4 is 60.5 Å². The first kappa shape index (κ1) is 37.3. The molecule has 0 aliphatic heterocycles. The van der Waals surface area contributed by atoms with Gasteiger partial charge in [-0.25, -0.2) is 0 Å². The van der Waals surface area contributed by atoms with E-state index in [-0.39, 0.29) is 0 Å². The van der Waals surface area contributed by atoms with E-state index in [1.807, 2.05) is 6.07 Å². The highest BCUT2D eigenvalue weighted by Gasteiger charge is 2.24. The first-order chi connectivity index (χ1) is 31.8. The van der Waals surface area contributed by atoms with E-state index in [4.69, 9.17) is 4.42 Å². The number of rotatable bonds is 8. The molecule has 2 heteroatoms. The monoisotopic (exact) mass is 815 g/mol. The van der Waals surface area contributed by atoms with Crippen LogP contribution in [-0.4, -0.2) is 0 Å². The lowest BCUT2D eigenvalue weighted by Gasteiger charge is -2.30. The lowest BCUT2D eigenvalue weighted by molar-refractivity contribution is 0.669. The van der Waals surface area contributed by atoms with Crippen LogP contribution in [0.25, 0.3) is 99.1 Å². The van der Waals surface area contributed by atoms with Gasteiger partial charge in [-0.2, -0.15) is 0 Å². The molecule has 12 rings (SSSR count). The van der Waals surface area contributed by atoms with Crippen LogP contribution in [0.15, 0.2) is 253 Å². The van der Waals surface area contributed by atoms with Gasteiger partial charge >= 0.3 is 0 Å². The fourth-order valence-electron chi connectivity index (χ4n) is 9.74. The second kappa shape index (κ2) is 15.8. The van der Waals surface area contributed by atoms with Crippen LogP contribution in [0, 0.1) is 0 Å². The van der Waals surface area contributed by atoms with Crippen molar-refractivity contribution in [1.82, 2.24) is 0 Å². The van der Waals surface area contributed by atoms with E-state index in [0.717, 1.165) is 61.3 Å². The predicted octanol–water partition coefficient (Wildman–Crippen LogP) is 17.7. The summed E-state index contributed by atoms with van der Waals surface area (Å²) >= 11 is 0. The number of hydrogen-bond acceptors (Lipinski definition) is 2. The summed E-state index contributed by atoms with van der Waals surface area (Å²) in [6, 6.07) is 89.7. The highest BCUT2D eigenvalue weighted by atomic mass is 16.3. The average Bonchev–Trinajstić information content (AvgIpc) is 3.76. The number of benzene rings is 11. The molecule has 300 valence electrons. The summed E-state index contributed by atoms with van der Waals surface area (Å²) in [5, 5.41) is 7.19. The maximum absolute atomic E-state index is 6.44. The molecule has 2 nitrogen and oxygen atoms in total. The van der Waals surface area contributed by atoms with Crippen molar-refractivity contribution in [3.8, 4) is 55.6 Å². The third-order valence-corrected chi connectivity index (χ3v) is 12.7. The zero-order valence-electron chi connectivity index (χ0n) is 35.0. The Morgan fingerprint density at radius 3 is 1.33 bits per heavy atom. The second-order valence-electron chi connectivity index (χ2n) is 16.4. The first-order valence-electron chi connectivity index (χ1n) is 21.9. The maximum atomic E-state index is 6.44. The number of para-hydroxylation sites is 3. The summed E-state index contributed by atoms with van der Waals surface area (Å²) in [5.74, 6) is 0. The molecule has 64 heavy (non-hydrogen) atoms. The van der Waals surface area contributed by atoms with Gasteiger partial charge in [0.15, 0.2) is 0 Å². The van der Waals surface area contributed by atoms with Gasteiger partial charge in [-0.1, -0.05) is 212 Å². The van der Waals surface area contributed by atoms with Gasteiger partial charge in [0.2, 0.25) is 0 Å². The smallest absolute Gasteiger partial charge is 0.136 e. The predicted molar refractivity (Wildman–Crippen MR) is 271 cm³/mol. The van der Waals surface area contributed by atoms with Gasteiger partial charge in [-0.15, -0.1) is 0 Å². The van der Waals surface area contributed by atoms with Crippen molar-refractivity contribution in [2.24, 2.45) is 0 Å². The van der Waals surface area contributed by atoms with Crippen molar-refractivity contribution in [3.63, 3.8) is 0 Å². The molecule has 1 heterocycles. The van der Waals surface area contributed by atoms with Crippen molar-refractivity contribution in [1.29, 1.82) is 0 Å². The average molecular weight is 816 g/mol. The molecular formula is C62H41NO. The largest absolute Gasteiger partial charge is 0.456 e. The van der Waals surface area contributed by atoms with Gasteiger partial charge in [-0.3, -0.25) is 0 Å². The number of hydrogen-bond donors (Lipinski definition) is 0. The Hall–Kier alpha value is -8.46. The van der Waals surface area contributed by atoms with Gasteiger partial charge < -0.3 is 9.32 Å². The molecule has 0 saturated heterocycles. The molecular weight excluding hydrogens is 775 g/mol. The van der Waals surface area contributed by atoms with E-state index in [0.29, 0.717) is 0 Å². The Balaban J connectivity index is 1.03. The summed E-state index contributed by atoms with van der Waals surface area (Å²) in [5.41, 5.74) is 16.7. The molecule has 11 aromatic carbocycles. The van der Waals surface area contributed by atoms with E-state index in [2.05, 4.69) is 248 Å². The van der Waals surface area contributed by atoms with Gasteiger partial charge in [0.05, 0.1) is 11.4 Å². The molecule has 0 unspecified atom stereocenters. The molecule has 0 atom stereocenters. The number of furan rings is 1. The minimum atomic E-state index is 0.875. The standard InChI is InChI=1S/C62H41NO/c1-3-20-48-44(16-1)18-13-27-49(48)46-36-34-42(35-37-46)43-38-40-47(41-39-43)63(59-31-11-8-25-55(59)56-29-15-33-61-62(56)57-26-9-12-32-60(57)64-61)58-30-10-7-24-54(58)53-23-6-5-22-52(53)51-28-14-19-45-17-2-4-21-50(45)51/h1-41H. The molecule has 0 aliphatic rings. The van der Waals surface area contributed by atoms with Crippen LogP contribution in [0.2, 0.25) is 0 Å². The van der Waals surface area contributed by atoms with Gasteiger partial charge in [0, 0.05) is 27.6 Å². The summed E-state index contributed by atoms with van der Waals surface area (Å²) in [6.45, 7) is 0. The maximum Gasteiger partial charge on any atom is 0.136 e. The number of anilines is 3. The molecule has 12 aromatic rings. The van der Waals surface area contributed by atoms with Crippen molar-refractivity contribution in [2.45, 2.75) is 0 Å². The molecule has 0 bridgehead atoms. The molecule has 0 spiro atoms. The van der Waals surface area contributed by atoms with Crippen LogP contribution in [-0.2, 0) is 0 Å². The van der Waals surface area contributed by atoms with Crippen LogP contribution >= 0.6 is 0 Å². The second-order valence-corrected chi connectivity index (χ2v) is 16.4. The molecule has 1 aromatic heterocycles. The molecule has 0 aliphatic carbocycles. The first-order valence-corrected chi connectivity index (χ1v) is 21.9. The van der Waals surface area contributed by atoms with Crippen LogP contribution in [0.1, 0.15) is 0 Å². The molecule has 0 radical (unpaired) electrons. The van der Waals surface area contributed by atoms with Crippen LogP contribution in [0.4, 0.5) is 17.1 Å². The third-order valence-electron chi connectivity index (χ3n) is 12.7. The van der Waals surface area contributed by atoms with Crippen molar-refractivity contribution in [2.75, 3.05) is 4.90 Å². The van der Waals surface area contributed by atoms with Crippen LogP contribution in [0.3, 0.4) is 0 Å². The van der Waals surface area contributed by atoms with E-state index < -0.39 is 0 Å². The highest BCUT2D eigenvalue weighted by Crippen LogP contribution is 2.49. The fourth-order valence-corrected chi connectivity index (χ4v) is 9.74. The van der Waals surface area contributed by atoms with E-state index in [1.54, 1.807) is 0 Å². The Morgan fingerprint density at radius 2 is 0.656 bits per heavy atom. The lowest BCUT2D eigenvalue weighted by atomic mass is 9.90. The van der Waals surface area contributed by atoms with E-state index >= 15 is 0 Å². The van der Waals surface area contributed by atoms with Crippen LogP contribution < -0.4 is 4.90 Å². The van der Waals surface area contributed by atoms with Gasteiger partial charge in [0.1, 0.15) is 11.2 Å². The Morgan fingerprint density at radius 1 is 0.250 bits per heavy atom. The van der Waals surface area contributed by atoms with Crippen LogP contribution in [0.5, 0.6) is 0 Å². The summed E-state index contributed by atoms with van der Waals surface area (Å²) in [6.07, 6.45) is 0. The number of nitrogens with zero attached hydrogens (tertiary/aromatic N) is 1. The summed E-state index contributed by atoms with van der Waals surface area (Å²) in [7, 11) is 0. The molecule has 0 amide bonds. The quantitative estimate of drug-likeness (QED) is 0.152. The topological polar surface area (TPSA) is 16.4 Å². The zero-order valence-corrected chi connectivity index (χ0v) is 35.0. The summed E-state index contributed by atoms with van der Waals surface area (Å²) < 4.78 is 6.44. The Bertz CT molecular complexity index is 3660. The van der Waals surface area contributed by atoms with E-state index in [1.165, 1.54) is 54.9 Å². The van der Waals surface area contributed by atoms with Crippen molar-refractivity contribution < 1.29 is 4.42 Å². The van der Waals surface area contributed by atoms with Gasteiger partial charge in [0.25, 0.3) is 0 Å². The van der Waals surface area contributed by atoms with Gasteiger partial charge in [-0.05, 0) is 102 Å². The molecule has 0 fully saturated rings. The SMILES string of the molecule is c1ccc(-c2cccc3ccccc23)c(-c2ccccc2N(c2ccc(-c3ccc(-c4cccc5ccccc45)cc3)cc2)c2ccccc2-c2cccc3oc4ccccc4c23)c1. The Kier molecular flexibility index (Phi) is 9.20. The lowest BCUT2D eigenvalue weighted by Crippen LogP contribution is -2.12. The zero-order chi connectivity index (χ0) is 42.4. The third kappa shape index (κ3) is 6.44. The summed E-state index contributed by atoms with van der Waals surface area (Å²) in [4.78, 5) is 2.44. The normalized spacial score (nSPS) is 11.4. The van der Waals surface area contributed by atoms with E-state index in [9.17, 15) is 0 Å². The highest BCUT2D eigenvalue weighted by molar-refractivity contribution is 6.14. The molecule has 0 N–H and O–H groups in total.